The van der Waals surface area contributed by atoms with Crippen LogP contribution >= 0.6 is 0 Å². The van der Waals surface area contributed by atoms with Gasteiger partial charge in [0.15, 0.2) is 0 Å². The third-order valence-corrected chi connectivity index (χ3v) is 2.67. The molecule has 1 aromatic carbocycles. The van der Waals surface area contributed by atoms with Crippen LogP contribution in [0.25, 0.3) is 0 Å². The number of benzene rings is 1. The van der Waals surface area contributed by atoms with Gasteiger partial charge in [0, 0.05) is 7.11 Å². The number of hydrogen-bond donors (Lipinski definition) is 0. The van der Waals surface area contributed by atoms with Gasteiger partial charge in [0.05, 0.1) is 23.8 Å². The molecular formula is C12H13NO3. The zero-order chi connectivity index (χ0) is 11.7. The van der Waals surface area contributed by atoms with E-state index in [9.17, 15) is 9.59 Å². The number of ether oxygens (including phenoxy) is 1. The van der Waals surface area contributed by atoms with E-state index < -0.39 is 0 Å². The van der Waals surface area contributed by atoms with Crippen molar-refractivity contribution in [2.24, 2.45) is 0 Å². The van der Waals surface area contributed by atoms with Crippen molar-refractivity contribution in [3.8, 4) is 0 Å². The monoisotopic (exact) mass is 219 g/mol. The molecule has 2 amide bonds. The van der Waals surface area contributed by atoms with Gasteiger partial charge in [-0.1, -0.05) is 12.1 Å². The van der Waals surface area contributed by atoms with Gasteiger partial charge >= 0.3 is 0 Å². The van der Waals surface area contributed by atoms with Crippen molar-refractivity contribution < 1.29 is 14.3 Å². The van der Waals surface area contributed by atoms with Gasteiger partial charge in [-0.25, -0.2) is 0 Å². The van der Waals surface area contributed by atoms with Crippen LogP contribution in [0.4, 0.5) is 0 Å². The Morgan fingerprint density at radius 3 is 2.12 bits per heavy atom. The molecule has 1 atom stereocenters. The van der Waals surface area contributed by atoms with Crippen LogP contribution in [0.3, 0.4) is 0 Å². The fourth-order valence-corrected chi connectivity index (χ4v) is 1.92. The standard InChI is InChI=1S/C12H13NO3/c1-8(7-16-2)13-11(14)9-5-3-4-6-10(9)12(13)15/h3-6,8H,7H2,1-2H3/t8-/m1/s1. The molecule has 0 fully saturated rings. The Morgan fingerprint density at radius 2 is 1.69 bits per heavy atom. The summed E-state index contributed by atoms with van der Waals surface area (Å²) >= 11 is 0. The summed E-state index contributed by atoms with van der Waals surface area (Å²) in [6.07, 6.45) is 0. The molecule has 16 heavy (non-hydrogen) atoms. The highest BCUT2D eigenvalue weighted by Gasteiger charge is 2.37. The minimum Gasteiger partial charge on any atom is -0.383 e. The van der Waals surface area contributed by atoms with Gasteiger partial charge in [-0.05, 0) is 19.1 Å². The average molecular weight is 219 g/mol. The quantitative estimate of drug-likeness (QED) is 0.720. The van der Waals surface area contributed by atoms with E-state index in [1.54, 1.807) is 38.3 Å². The van der Waals surface area contributed by atoms with Crippen LogP contribution in [0.2, 0.25) is 0 Å². The second-order valence-corrected chi connectivity index (χ2v) is 3.83. The largest absolute Gasteiger partial charge is 0.383 e. The number of hydrogen-bond acceptors (Lipinski definition) is 3. The highest BCUT2D eigenvalue weighted by molar-refractivity contribution is 6.21. The normalized spacial score (nSPS) is 16.5. The lowest BCUT2D eigenvalue weighted by Gasteiger charge is -2.21. The third kappa shape index (κ3) is 1.51. The predicted octanol–water partition coefficient (Wildman–Crippen LogP) is 1.32. The highest BCUT2D eigenvalue weighted by Crippen LogP contribution is 2.24. The average Bonchev–Trinajstić information content (AvgIpc) is 2.53. The SMILES string of the molecule is COC[C@@H](C)N1C(=O)c2ccccc2C1=O. The summed E-state index contributed by atoms with van der Waals surface area (Å²) in [4.78, 5) is 25.2. The fraction of sp³-hybridized carbons (Fsp3) is 0.333. The van der Waals surface area contributed by atoms with Crippen LogP contribution in [0.5, 0.6) is 0 Å². The lowest BCUT2D eigenvalue weighted by Crippen LogP contribution is -2.40. The molecule has 4 nitrogen and oxygen atoms in total. The Morgan fingerprint density at radius 1 is 1.19 bits per heavy atom. The summed E-state index contributed by atoms with van der Waals surface area (Å²) in [5.74, 6) is -0.463. The Hall–Kier alpha value is -1.68. The number of imide groups is 1. The fourth-order valence-electron chi connectivity index (χ4n) is 1.92. The first-order valence-corrected chi connectivity index (χ1v) is 5.12. The molecule has 0 aliphatic carbocycles. The van der Waals surface area contributed by atoms with Crippen molar-refractivity contribution in [1.29, 1.82) is 0 Å². The van der Waals surface area contributed by atoms with E-state index in [0.29, 0.717) is 17.7 Å². The Balaban J connectivity index is 2.35. The first-order chi connectivity index (χ1) is 7.66. The number of fused-ring (bicyclic) bond motifs is 1. The molecule has 0 N–H and O–H groups in total. The van der Waals surface area contributed by atoms with Gasteiger partial charge in [0.1, 0.15) is 0 Å². The van der Waals surface area contributed by atoms with Crippen molar-refractivity contribution in [3.63, 3.8) is 0 Å². The van der Waals surface area contributed by atoms with Gasteiger partial charge in [-0.3, -0.25) is 14.5 Å². The first kappa shape index (κ1) is 10.8. The zero-order valence-electron chi connectivity index (χ0n) is 9.27. The molecule has 0 unspecified atom stereocenters. The second-order valence-electron chi connectivity index (χ2n) is 3.83. The van der Waals surface area contributed by atoms with Crippen molar-refractivity contribution in [1.82, 2.24) is 4.90 Å². The summed E-state index contributed by atoms with van der Waals surface area (Å²) in [5, 5.41) is 0. The van der Waals surface area contributed by atoms with Crippen molar-refractivity contribution in [3.05, 3.63) is 35.4 Å². The topological polar surface area (TPSA) is 46.6 Å². The Kier molecular flexibility index (Phi) is 2.75. The molecule has 0 spiro atoms. The maximum atomic E-state index is 12.0. The van der Waals surface area contributed by atoms with Gasteiger partial charge < -0.3 is 4.74 Å². The third-order valence-electron chi connectivity index (χ3n) is 2.67. The molecule has 0 saturated heterocycles. The van der Waals surface area contributed by atoms with Crippen LogP contribution in [-0.4, -0.2) is 36.5 Å². The van der Waals surface area contributed by atoms with E-state index in [1.165, 1.54) is 4.90 Å². The Bertz CT molecular complexity index is 407. The maximum absolute atomic E-state index is 12.0. The zero-order valence-corrected chi connectivity index (χ0v) is 9.27. The molecule has 1 aromatic rings. The Labute approximate surface area is 93.8 Å². The first-order valence-electron chi connectivity index (χ1n) is 5.12. The van der Waals surface area contributed by atoms with Crippen LogP contribution in [-0.2, 0) is 4.74 Å². The van der Waals surface area contributed by atoms with E-state index in [0.717, 1.165) is 0 Å². The summed E-state index contributed by atoms with van der Waals surface area (Å²) in [5.41, 5.74) is 0.964. The molecule has 0 aromatic heterocycles. The van der Waals surface area contributed by atoms with Crippen molar-refractivity contribution >= 4 is 11.8 Å². The van der Waals surface area contributed by atoms with Crippen LogP contribution < -0.4 is 0 Å². The van der Waals surface area contributed by atoms with Crippen LogP contribution in [0, 0.1) is 0 Å². The molecule has 0 bridgehead atoms. The molecule has 0 saturated carbocycles. The minimum atomic E-state index is -0.239. The number of rotatable bonds is 3. The minimum absolute atomic E-state index is 0.231. The van der Waals surface area contributed by atoms with Gasteiger partial charge in [0.25, 0.3) is 11.8 Å². The number of methoxy groups -OCH3 is 1. The lowest BCUT2D eigenvalue weighted by molar-refractivity contribution is 0.0497. The van der Waals surface area contributed by atoms with Gasteiger partial charge in [-0.15, -0.1) is 0 Å². The van der Waals surface area contributed by atoms with Crippen molar-refractivity contribution in [2.45, 2.75) is 13.0 Å². The van der Waals surface area contributed by atoms with E-state index in [2.05, 4.69) is 0 Å². The highest BCUT2D eigenvalue weighted by atomic mass is 16.5. The second kappa shape index (κ2) is 4.06. The summed E-state index contributed by atoms with van der Waals surface area (Å²) < 4.78 is 4.97. The molecular weight excluding hydrogens is 206 g/mol. The molecule has 2 rings (SSSR count). The van der Waals surface area contributed by atoms with Crippen molar-refractivity contribution in [2.75, 3.05) is 13.7 Å². The molecule has 4 heteroatoms. The number of carbonyl (C=O) groups excluding carboxylic acids is 2. The predicted molar refractivity (Wildman–Crippen MR) is 58.3 cm³/mol. The van der Waals surface area contributed by atoms with E-state index in [4.69, 9.17) is 4.74 Å². The van der Waals surface area contributed by atoms with Gasteiger partial charge in [0.2, 0.25) is 0 Å². The summed E-state index contributed by atoms with van der Waals surface area (Å²) in [7, 11) is 1.55. The number of carbonyl (C=O) groups is 2. The maximum Gasteiger partial charge on any atom is 0.261 e. The molecule has 0 radical (unpaired) electrons. The van der Waals surface area contributed by atoms with Gasteiger partial charge in [-0.2, -0.15) is 0 Å². The summed E-state index contributed by atoms with van der Waals surface area (Å²) in [6, 6.07) is 6.63. The van der Waals surface area contributed by atoms with Crippen LogP contribution in [0.1, 0.15) is 27.6 Å². The smallest absolute Gasteiger partial charge is 0.261 e. The molecule has 1 heterocycles. The van der Waals surface area contributed by atoms with E-state index >= 15 is 0 Å². The number of amides is 2. The summed E-state index contributed by atoms with van der Waals surface area (Å²) in [6.45, 7) is 2.15. The van der Waals surface area contributed by atoms with E-state index in [-0.39, 0.29) is 17.9 Å². The lowest BCUT2D eigenvalue weighted by atomic mass is 10.1. The van der Waals surface area contributed by atoms with E-state index in [1.807, 2.05) is 0 Å². The molecule has 1 aliphatic heterocycles. The molecule has 1 aliphatic rings. The van der Waals surface area contributed by atoms with Crippen LogP contribution in [0.15, 0.2) is 24.3 Å². The molecule has 84 valence electrons. The number of nitrogens with zero attached hydrogens (tertiary/aromatic N) is 1.